The molecule has 0 aromatic heterocycles. The van der Waals surface area contributed by atoms with Crippen molar-refractivity contribution in [2.45, 2.75) is 32.1 Å². The lowest BCUT2D eigenvalue weighted by Gasteiger charge is -2.24. The third kappa shape index (κ3) is 4.94. The van der Waals surface area contributed by atoms with Crippen LogP contribution in [0.1, 0.15) is 32.1 Å². The number of nitrogens with two attached hydrogens (primary N) is 1. The molecule has 0 aromatic rings. The standard InChI is InChI=1S/C12H24N2O2/c1-14(12(15)3-2-7-13)8-4-11-5-9-16-10-6-11/h11H,2-10,13H2,1H3. The van der Waals surface area contributed by atoms with Gasteiger partial charge in [-0.1, -0.05) is 0 Å². The van der Waals surface area contributed by atoms with E-state index < -0.39 is 0 Å². The van der Waals surface area contributed by atoms with Crippen LogP contribution in [-0.2, 0) is 9.53 Å². The van der Waals surface area contributed by atoms with Crippen LogP contribution in [0.15, 0.2) is 0 Å². The van der Waals surface area contributed by atoms with Gasteiger partial charge in [-0.3, -0.25) is 4.79 Å². The quantitative estimate of drug-likeness (QED) is 0.738. The largest absolute Gasteiger partial charge is 0.381 e. The highest BCUT2D eigenvalue weighted by atomic mass is 16.5. The van der Waals surface area contributed by atoms with E-state index in [1.54, 1.807) is 0 Å². The number of nitrogens with zero attached hydrogens (tertiary/aromatic N) is 1. The minimum atomic E-state index is 0.220. The highest BCUT2D eigenvalue weighted by Gasteiger charge is 2.15. The van der Waals surface area contributed by atoms with Crippen LogP contribution in [-0.4, -0.2) is 44.2 Å². The number of carbonyl (C=O) groups is 1. The van der Waals surface area contributed by atoms with E-state index in [1.165, 1.54) is 0 Å². The third-order valence-electron chi connectivity index (χ3n) is 3.23. The van der Waals surface area contributed by atoms with E-state index in [2.05, 4.69) is 0 Å². The molecule has 0 aliphatic carbocycles. The Hall–Kier alpha value is -0.610. The summed E-state index contributed by atoms with van der Waals surface area (Å²) in [4.78, 5) is 13.5. The molecule has 4 nitrogen and oxygen atoms in total. The van der Waals surface area contributed by atoms with E-state index >= 15 is 0 Å². The summed E-state index contributed by atoms with van der Waals surface area (Å²) in [6.07, 6.45) is 4.77. The van der Waals surface area contributed by atoms with Gasteiger partial charge in [-0.05, 0) is 38.1 Å². The summed E-state index contributed by atoms with van der Waals surface area (Å²) in [5, 5.41) is 0. The first-order chi connectivity index (χ1) is 7.74. The molecule has 0 radical (unpaired) electrons. The van der Waals surface area contributed by atoms with Gasteiger partial charge in [0, 0.05) is 33.2 Å². The molecule has 0 saturated carbocycles. The Morgan fingerprint density at radius 3 is 2.75 bits per heavy atom. The molecule has 1 rings (SSSR count). The molecule has 1 heterocycles. The summed E-state index contributed by atoms with van der Waals surface area (Å²) in [5.74, 6) is 0.955. The number of hydrogen-bond acceptors (Lipinski definition) is 3. The fraction of sp³-hybridized carbons (Fsp3) is 0.917. The number of ether oxygens (including phenoxy) is 1. The molecule has 0 bridgehead atoms. The molecule has 1 saturated heterocycles. The highest BCUT2D eigenvalue weighted by molar-refractivity contribution is 5.75. The highest BCUT2D eigenvalue weighted by Crippen LogP contribution is 2.18. The predicted molar refractivity (Wildman–Crippen MR) is 64.1 cm³/mol. The van der Waals surface area contributed by atoms with Gasteiger partial charge in [-0.25, -0.2) is 0 Å². The van der Waals surface area contributed by atoms with Gasteiger partial charge in [0.1, 0.15) is 0 Å². The molecule has 2 N–H and O–H groups in total. The third-order valence-corrected chi connectivity index (χ3v) is 3.23. The molecule has 0 spiro atoms. The molecule has 0 atom stereocenters. The van der Waals surface area contributed by atoms with Crippen molar-refractivity contribution in [1.82, 2.24) is 4.90 Å². The minimum Gasteiger partial charge on any atom is -0.381 e. The molecular formula is C12H24N2O2. The van der Waals surface area contributed by atoms with E-state index in [9.17, 15) is 4.79 Å². The molecule has 1 aliphatic rings. The van der Waals surface area contributed by atoms with Crippen LogP contribution in [0, 0.1) is 5.92 Å². The SMILES string of the molecule is CN(CCC1CCOCC1)C(=O)CCCN. The predicted octanol–water partition coefficient (Wildman–Crippen LogP) is 1.00. The van der Waals surface area contributed by atoms with Gasteiger partial charge in [0.05, 0.1) is 0 Å². The molecule has 94 valence electrons. The monoisotopic (exact) mass is 228 g/mol. The molecule has 1 fully saturated rings. The van der Waals surface area contributed by atoms with Crippen molar-refractivity contribution in [2.75, 3.05) is 33.4 Å². The Bertz CT molecular complexity index is 203. The second kappa shape index (κ2) is 7.63. The zero-order valence-corrected chi connectivity index (χ0v) is 10.3. The van der Waals surface area contributed by atoms with Gasteiger partial charge in [0.15, 0.2) is 0 Å². The molecule has 1 amide bonds. The van der Waals surface area contributed by atoms with Crippen LogP contribution in [0.25, 0.3) is 0 Å². The van der Waals surface area contributed by atoms with Crippen molar-refractivity contribution in [3.05, 3.63) is 0 Å². The number of hydrogen-bond donors (Lipinski definition) is 1. The minimum absolute atomic E-state index is 0.220. The van der Waals surface area contributed by atoms with Gasteiger partial charge in [-0.15, -0.1) is 0 Å². The second-order valence-corrected chi connectivity index (χ2v) is 4.55. The first-order valence-corrected chi connectivity index (χ1v) is 6.26. The topological polar surface area (TPSA) is 55.6 Å². The fourth-order valence-corrected chi connectivity index (χ4v) is 1.98. The maximum atomic E-state index is 11.6. The van der Waals surface area contributed by atoms with Crippen LogP contribution in [0.2, 0.25) is 0 Å². The molecular weight excluding hydrogens is 204 g/mol. The van der Waals surface area contributed by atoms with Gasteiger partial charge >= 0.3 is 0 Å². The van der Waals surface area contributed by atoms with E-state index in [1.807, 2.05) is 11.9 Å². The smallest absolute Gasteiger partial charge is 0.222 e. The zero-order chi connectivity index (χ0) is 11.8. The van der Waals surface area contributed by atoms with Gasteiger partial charge in [0.25, 0.3) is 0 Å². The number of rotatable bonds is 6. The maximum Gasteiger partial charge on any atom is 0.222 e. The first-order valence-electron chi connectivity index (χ1n) is 6.26. The van der Waals surface area contributed by atoms with Crippen LogP contribution in [0.5, 0.6) is 0 Å². The summed E-state index contributed by atoms with van der Waals surface area (Å²) in [7, 11) is 1.89. The van der Waals surface area contributed by atoms with Crippen LogP contribution in [0.3, 0.4) is 0 Å². The summed E-state index contributed by atoms with van der Waals surface area (Å²) in [6, 6.07) is 0. The lowest BCUT2D eigenvalue weighted by Crippen LogP contribution is -2.30. The van der Waals surface area contributed by atoms with Crippen molar-refractivity contribution in [3.63, 3.8) is 0 Å². The summed E-state index contributed by atoms with van der Waals surface area (Å²) < 4.78 is 5.31. The Balaban J connectivity index is 2.12. The lowest BCUT2D eigenvalue weighted by molar-refractivity contribution is -0.130. The van der Waals surface area contributed by atoms with Crippen LogP contribution in [0.4, 0.5) is 0 Å². The number of amides is 1. The summed E-state index contributed by atoms with van der Waals surface area (Å²) in [5.41, 5.74) is 5.38. The first kappa shape index (κ1) is 13.5. The average molecular weight is 228 g/mol. The molecule has 1 aliphatic heterocycles. The Morgan fingerprint density at radius 2 is 2.12 bits per heavy atom. The van der Waals surface area contributed by atoms with Crippen LogP contribution >= 0.6 is 0 Å². The molecule has 16 heavy (non-hydrogen) atoms. The molecule has 0 unspecified atom stereocenters. The van der Waals surface area contributed by atoms with Crippen molar-refractivity contribution >= 4 is 5.91 Å². The van der Waals surface area contributed by atoms with E-state index in [0.29, 0.717) is 13.0 Å². The van der Waals surface area contributed by atoms with Gasteiger partial charge in [0.2, 0.25) is 5.91 Å². The van der Waals surface area contributed by atoms with Crippen molar-refractivity contribution in [1.29, 1.82) is 0 Å². The molecule has 4 heteroatoms. The lowest BCUT2D eigenvalue weighted by atomic mass is 9.96. The van der Waals surface area contributed by atoms with Gasteiger partial charge in [-0.2, -0.15) is 0 Å². The maximum absolute atomic E-state index is 11.6. The van der Waals surface area contributed by atoms with Crippen LogP contribution < -0.4 is 5.73 Å². The van der Waals surface area contributed by atoms with E-state index in [-0.39, 0.29) is 5.91 Å². The number of carbonyl (C=O) groups excluding carboxylic acids is 1. The normalized spacial score (nSPS) is 17.4. The Labute approximate surface area is 98.1 Å². The van der Waals surface area contributed by atoms with Gasteiger partial charge < -0.3 is 15.4 Å². The summed E-state index contributed by atoms with van der Waals surface area (Å²) in [6.45, 7) is 3.23. The van der Waals surface area contributed by atoms with Crippen molar-refractivity contribution in [3.8, 4) is 0 Å². The average Bonchev–Trinajstić information content (AvgIpc) is 2.34. The van der Waals surface area contributed by atoms with E-state index in [0.717, 1.165) is 51.4 Å². The van der Waals surface area contributed by atoms with E-state index in [4.69, 9.17) is 10.5 Å². The summed E-state index contributed by atoms with van der Waals surface area (Å²) >= 11 is 0. The van der Waals surface area contributed by atoms with Crippen molar-refractivity contribution < 1.29 is 9.53 Å². The zero-order valence-electron chi connectivity index (χ0n) is 10.3. The van der Waals surface area contributed by atoms with Crippen molar-refractivity contribution in [2.24, 2.45) is 11.7 Å². The second-order valence-electron chi connectivity index (χ2n) is 4.55. The molecule has 0 aromatic carbocycles. The Kier molecular flexibility index (Phi) is 6.42. The fourth-order valence-electron chi connectivity index (χ4n) is 1.98. The Morgan fingerprint density at radius 1 is 1.44 bits per heavy atom.